The molecule has 0 aliphatic heterocycles. The van der Waals surface area contributed by atoms with Gasteiger partial charge in [-0.2, -0.15) is 0 Å². The minimum absolute atomic E-state index is 0.198. The Morgan fingerprint density at radius 3 is 1.26 bits per heavy atom. The Hall–Kier alpha value is -2.27. The summed E-state index contributed by atoms with van der Waals surface area (Å²) in [7, 11) is 0. The normalized spacial score (nSPS) is 11.2. The Morgan fingerprint density at radius 1 is 0.645 bits per heavy atom. The highest BCUT2D eigenvalue weighted by Gasteiger charge is 2.21. The molecule has 0 radical (unpaired) electrons. The van der Waals surface area contributed by atoms with Crippen molar-refractivity contribution in [1.82, 2.24) is 0 Å². The molecule has 2 rings (SSSR count). The average molecular weight is 443 g/mol. The van der Waals surface area contributed by atoms with Crippen molar-refractivity contribution in [2.75, 3.05) is 0 Å². The second-order valence-corrected chi connectivity index (χ2v) is 9.82. The monoisotopic (exact) mass is 442 g/mol. The lowest BCUT2D eigenvalue weighted by atomic mass is 10.1. The summed E-state index contributed by atoms with van der Waals surface area (Å²) in [5, 5.41) is 0. The predicted molar refractivity (Wildman–Crippen MR) is 126 cm³/mol. The number of carbonyl (C=O) groups is 2. The molecule has 0 saturated heterocycles. The van der Waals surface area contributed by atoms with Crippen molar-refractivity contribution in [2.45, 2.75) is 79.0 Å². The molecule has 0 amide bonds. The fraction of sp³-hybridized carbons (Fsp3) is 0.462. The lowest BCUT2D eigenvalue weighted by Crippen LogP contribution is -2.16. The maximum absolute atomic E-state index is 12.2. The van der Waals surface area contributed by atoms with Crippen LogP contribution in [0, 0.1) is 53.4 Å². The van der Waals surface area contributed by atoms with Crippen LogP contribution in [-0.4, -0.2) is 11.9 Å². The van der Waals surface area contributed by atoms with Crippen LogP contribution in [0.25, 0.3) is 0 Å². The predicted octanol–water partition coefficient (Wildman–Crippen LogP) is 6.81. The van der Waals surface area contributed by atoms with Gasteiger partial charge in [0.25, 0.3) is 0 Å². The minimum Gasteiger partial charge on any atom is -0.426 e. The molecule has 31 heavy (non-hydrogen) atoms. The van der Waals surface area contributed by atoms with Gasteiger partial charge in [0.2, 0.25) is 0 Å². The number of hydrogen-bond donors (Lipinski definition) is 0. The van der Waals surface area contributed by atoms with Crippen LogP contribution in [0.4, 0.5) is 0 Å². The number of rotatable bonds is 6. The molecular formula is C26H34O4S. The van der Waals surface area contributed by atoms with E-state index >= 15 is 0 Å². The molecular weight excluding hydrogens is 408 g/mol. The van der Waals surface area contributed by atoms with Gasteiger partial charge in [-0.05, 0) is 75.9 Å². The van der Waals surface area contributed by atoms with E-state index < -0.39 is 0 Å². The van der Waals surface area contributed by atoms with E-state index in [4.69, 9.17) is 9.47 Å². The van der Waals surface area contributed by atoms with E-state index in [-0.39, 0.29) is 23.8 Å². The molecule has 4 nitrogen and oxygen atoms in total. The quantitative estimate of drug-likeness (QED) is 0.363. The molecule has 0 spiro atoms. The Bertz CT molecular complexity index is 938. The van der Waals surface area contributed by atoms with Crippen LogP contribution in [0.5, 0.6) is 11.5 Å². The molecule has 168 valence electrons. The third kappa shape index (κ3) is 5.51. The van der Waals surface area contributed by atoms with Crippen LogP contribution in [0.15, 0.2) is 21.9 Å². The zero-order valence-electron chi connectivity index (χ0n) is 20.4. The van der Waals surface area contributed by atoms with Gasteiger partial charge in [-0.15, -0.1) is 0 Å². The van der Waals surface area contributed by atoms with Gasteiger partial charge in [0.05, 0.1) is 11.8 Å². The number of hydrogen-bond acceptors (Lipinski definition) is 5. The zero-order valence-corrected chi connectivity index (χ0v) is 21.2. The van der Waals surface area contributed by atoms with Crippen LogP contribution in [0.2, 0.25) is 0 Å². The first-order valence-electron chi connectivity index (χ1n) is 10.7. The van der Waals surface area contributed by atoms with Gasteiger partial charge in [0.1, 0.15) is 11.5 Å². The van der Waals surface area contributed by atoms with Crippen molar-refractivity contribution in [3.8, 4) is 11.5 Å². The summed E-state index contributed by atoms with van der Waals surface area (Å²) in [6.45, 7) is 19.5. The summed E-state index contributed by atoms with van der Waals surface area (Å²) < 4.78 is 11.4. The van der Waals surface area contributed by atoms with Crippen molar-refractivity contribution < 1.29 is 19.1 Å². The van der Waals surface area contributed by atoms with Crippen molar-refractivity contribution in [3.63, 3.8) is 0 Å². The molecule has 0 saturated carbocycles. The van der Waals surface area contributed by atoms with Crippen molar-refractivity contribution >= 4 is 23.7 Å². The first-order chi connectivity index (χ1) is 14.3. The standard InChI is InChI=1S/C26H34O4S/c1-13(2)25(27)29-21-11-15(5)17(7)23(19(21)9)31-24-18(8)16(6)12-22(20(24)10)30-26(28)14(3)4/h11-14H,1-10H3. The molecule has 0 bridgehead atoms. The molecule has 0 fully saturated rings. The third-order valence-corrected chi connectivity index (χ3v) is 7.18. The van der Waals surface area contributed by atoms with E-state index in [9.17, 15) is 9.59 Å². The van der Waals surface area contributed by atoms with Gasteiger partial charge < -0.3 is 9.47 Å². The molecule has 0 atom stereocenters. The minimum atomic E-state index is -0.242. The summed E-state index contributed by atoms with van der Waals surface area (Å²) in [5.74, 6) is 0.312. The smallest absolute Gasteiger partial charge is 0.313 e. The van der Waals surface area contributed by atoms with Gasteiger partial charge in [0.15, 0.2) is 0 Å². The zero-order chi connectivity index (χ0) is 23.6. The topological polar surface area (TPSA) is 52.6 Å². The highest BCUT2D eigenvalue weighted by atomic mass is 32.2. The first-order valence-corrected chi connectivity index (χ1v) is 11.5. The number of ether oxygens (including phenoxy) is 2. The molecule has 0 unspecified atom stereocenters. The van der Waals surface area contributed by atoms with E-state index in [2.05, 4.69) is 13.8 Å². The molecule has 0 aromatic heterocycles. The van der Waals surface area contributed by atoms with E-state index in [1.165, 1.54) is 0 Å². The molecule has 0 aliphatic carbocycles. The largest absolute Gasteiger partial charge is 0.426 e. The Labute approximate surface area is 190 Å². The van der Waals surface area contributed by atoms with E-state index in [1.54, 1.807) is 11.8 Å². The summed E-state index contributed by atoms with van der Waals surface area (Å²) >= 11 is 1.64. The maximum Gasteiger partial charge on any atom is 0.313 e. The van der Waals surface area contributed by atoms with E-state index in [0.717, 1.165) is 43.2 Å². The van der Waals surface area contributed by atoms with Gasteiger partial charge in [-0.25, -0.2) is 0 Å². The number of aryl methyl sites for hydroxylation is 2. The van der Waals surface area contributed by atoms with Gasteiger partial charge in [-0.1, -0.05) is 39.5 Å². The van der Waals surface area contributed by atoms with Gasteiger partial charge in [-0.3, -0.25) is 9.59 Å². The highest BCUT2D eigenvalue weighted by molar-refractivity contribution is 7.99. The van der Waals surface area contributed by atoms with E-state index in [1.807, 2.05) is 67.5 Å². The second-order valence-electron chi connectivity index (χ2n) is 8.80. The van der Waals surface area contributed by atoms with Crippen molar-refractivity contribution in [2.24, 2.45) is 11.8 Å². The van der Waals surface area contributed by atoms with Crippen LogP contribution in [0.3, 0.4) is 0 Å². The van der Waals surface area contributed by atoms with Crippen LogP contribution in [-0.2, 0) is 9.59 Å². The number of carbonyl (C=O) groups excluding carboxylic acids is 2. The fourth-order valence-electron chi connectivity index (χ4n) is 3.04. The Kier molecular flexibility index (Phi) is 7.98. The fourth-order valence-corrected chi connectivity index (χ4v) is 4.38. The number of esters is 2. The Morgan fingerprint density at radius 2 is 0.968 bits per heavy atom. The van der Waals surface area contributed by atoms with Crippen LogP contribution < -0.4 is 9.47 Å². The third-order valence-electron chi connectivity index (χ3n) is 5.55. The molecule has 5 heteroatoms. The van der Waals surface area contributed by atoms with Crippen molar-refractivity contribution in [3.05, 3.63) is 45.5 Å². The lowest BCUT2D eigenvalue weighted by Gasteiger charge is -2.21. The van der Waals surface area contributed by atoms with Gasteiger partial charge >= 0.3 is 11.9 Å². The second kappa shape index (κ2) is 9.90. The molecule has 0 heterocycles. The SMILES string of the molecule is Cc1cc(OC(=O)C(C)C)c(C)c(Sc2c(C)c(C)cc(OC(=O)C(C)C)c2C)c1C. The highest BCUT2D eigenvalue weighted by Crippen LogP contribution is 2.44. The maximum atomic E-state index is 12.2. The number of benzene rings is 2. The summed E-state index contributed by atoms with van der Waals surface area (Å²) in [6.07, 6.45) is 0. The Balaban J connectivity index is 2.57. The summed E-state index contributed by atoms with van der Waals surface area (Å²) in [5.41, 5.74) is 6.29. The summed E-state index contributed by atoms with van der Waals surface area (Å²) in [6, 6.07) is 3.86. The average Bonchev–Trinajstić information content (AvgIpc) is 2.69. The molecule has 0 N–H and O–H groups in total. The van der Waals surface area contributed by atoms with Crippen LogP contribution in [0.1, 0.15) is 61.1 Å². The van der Waals surface area contributed by atoms with Gasteiger partial charge in [0, 0.05) is 20.9 Å². The first kappa shape index (κ1) is 25.0. The molecule has 0 aliphatic rings. The molecule has 2 aromatic rings. The van der Waals surface area contributed by atoms with Crippen LogP contribution >= 0.6 is 11.8 Å². The van der Waals surface area contributed by atoms with Crippen molar-refractivity contribution in [1.29, 1.82) is 0 Å². The lowest BCUT2D eigenvalue weighted by molar-refractivity contribution is -0.138. The van der Waals surface area contributed by atoms with E-state index in [0.29, 0.717) is 11.5 Å². The molecule has 2 aromatic carbocycles. The summed E-state index contributed by atoms with van der Waals surface area (Å²) in [4.78, 5) is 26.5.